The number of ether oxygens (including phenoxy) is 1. The van der Waals surface area contributed by atoms with E-state index in [2.05, 4.69) is 51.9 Å². The standard InChI is InChI=1S/C36H43N11O4S/c1-36(2,3)28-22-52-35(38-28)40-33(49)24-15-17-46-30(18-24)39-32(45-16-7-8-25(20-45)37-31(48)21-44(4)5)27(34(46)50)13-14-29-41-42-43-47(29)19-23-9-11-26(51-6)12-10-23/h9-15,17-18,22,25H,7-8,16,19-21H2,1-6H3,(H,37,48)(H,38,40,49)/b14-13+/t25-/m0/s1. The Morgan fingerprint density at radius 1 is 1.12 bits per heavy atom. The highest BCUT2D eigenvalue weighted by molar-refractivity contribution is 7.14. The number of hydrogen-bond acceptors (Lipinski definition) is 12. The van der Waals surface area contributed by atoms with Gasteiger partial charge in [-0.05, 0) is 79.3 Å². The van der Waals surface area contributed by atoms with Gasteiger partial charge < -0.3 is 19.9 Å². The summed E-state index contributed by atoms with van der Waals surface area (Å²) < 4.78 is 8.32. The molecule has 1 aromatic carbocycles. The number of benzene rings is 1. The largest absolute Gasteiger partial charge is 0.497 e. The molecule has 16 heteroatoms. The zero-order valence-electron chi connectivity index (χ0n) is 30.2. The predicted molar refractivity (Wildman–Crippen MR) is 201 cm³/mol. The third kappa shape index (κ3) is 8.51. The van der Waals surface area contributed by atoms with Gasteiger partial charge in [0.05, 0.1) is 31.5 Å². The second kappa shape index (κ2) is 15.4. The van der Waals surface area contributed by atoms with Crippen molar-refractivity contribution in [1.29, 1.82) is 0 Å². The molecule has 0 bridgehead atoms. The first-order chi connectivity index (χ1) is 24.9. The van der Waals surface area contributed by atoms with E-state index >= 15 is 0 Å². The van der Waals surface area contributed by atoms with Crippen molar-refractivity contribution in [2.75, 3.05) is 51.1 Å². The van der Waals surface area contributed by atoms with Crippen molar-refractivity contribution in [2.24, 2.45) is 0 Å². The summed E-state index contributed by atoms with van der Waals surface area (Å²) in [5.41, 5.74) is 2.34. The molecular weight excluding hydrogens is 683 g/mol. The fourth-order valence-electron chi connectivity index (χ4n) is 5.87. The number of methoxy groups -OCH3 is 1. The van der Waals surface area contributed by atoms with Gasteiger partial charge in [-0.25, -0.2) is 14.6 Å². The van der Waals surface area contributed by atoms with Crippen LogP contribution in [0, 0.1) is 0 Å². The number of amides is 2. The van der Waals surface area contributed by atoms with Gasteiger partial charge in [-0.3, -0.25) is 24.1 Å². The summed E-state index contributed by atoms with van der Waals surface area (Å²) in [5.74, 6) is 1.20. The lowest BCUT2D eigenvalue weighted by Gasteiger charge is -2.35. The van der Waals surface area contributed by atoms with Crippen LogP contribution in [0.5, 0.6) is 5.75 Å². The first-order valence-electron chi connectivity index (χ1n) is 17.0. The zero-order valence-corrected chi connectivity index (χ0v) is 31.0. The normalized spacial score (nSPS) is 15.1. The topological polar surface area (TPSA) is 165 Å². The first kappa shape index (κ1) is 36.3. The van der Waals surface area contributed by atoms with Crippen LogP contribution in [0.25, 0.3) is 17.8 Å². The van der Waals surface area contributed by atoms with Crippen LogP contribution in [-0.4, -0.2) is 98.2 Å². The molecule has 5 heterocycles. The maximum Gasteiger partial charge on any atom is 0.267 e. The molecule has 1 aliphatic rings. The van der Waals surface area contributed by atoms with E-state index in [4.69, 9.17) is 9.72 Å². The second-order valence-electron chi connectivity index (χ2n) is 14.0. The van der Waals surface area contributed by atoms with Gasteiger partial charge in [0.1, 0.15) is 17.2 Å². The van der Waals surface area contributed by atoms with Crippen LogP contribution in [-0.2, 0) is 16.8 Å². The molecule has 4 aromatic heterocycles. The number of hydrogen-bond donors (Lipinski definition) is 2. The van der Waals surface area contributed by atoms with E-state index in [9.17, 15) is 14.4 Å². The maximum absolute atomic E-state index is 14.2. The Labute approximate surface area is 305 Å². The molecular formula is C36H43N11O4S. The van der Waals surface area contributed by atoms with E-state index < -0.39 is 0 Å². The van der Waals surface area contributed by atoms with Gasteiger partial charge in [0, 0.05) is 41.7 Å². The van der Waals surface area contributed by atoms with Crippen molar-refractivity contribution >= 4 is 51.9 Å². The number of carbonyl (C=O) groups excluding carboxylic acids is 2. The van der Waals surface area contributed by atoms with Crippen molar-refractivity contribution < 1.29 is 14.3 Å². The van der Waals surface area contributed by atoms with Crippen molar-refractivity contribution in [3.8, 4) is 5.75 Å². The molecule has 5 aromatic rings. The number of carbonyl (C=O) groups is 2. The second-order valence-corrected chi connectivity index (χ2v) is 14.9. The number of thiazole rings is 1. The molecule has 0 radical (unpaired) electrons. The van der Waals surface area contributed by atoms with E-state index in [-0.39, 0.29) is 35.4 Å². The van der Waals surface area contributed by atoms with Gasteiger partial charge in [0.15, 0.2) is 11.0 Å². The highest BCUT2D eigenvalue weighted by Gasteiger charge is 2.26. The SMILES string of the molecule is COc1ccc(Cn2nnnc2/C=C/c2c(N3CCC[C@H](NC(=O)CN(C)C)C3)nc3cc(C(=O)Nc4nc(C(C)(C)C)cs4)ccn3c2=O)cc1. The fraction of sp³-hybridized carbons (Fsp3) is 0.389. The lowest BCUT2D eigenvalue weighted by molar-refractivity contribution is -0.122. The summed E-state index contributed by atoms with van der Waals surface area (Å²) in [6.45, 7) is 7.95. The molecule has 52 heavy (non-hydrogen) atoms. The Balaban J connectivity index is 1.34. The molecule has 1 saturated heterocycles. The number of fused-ring (bicyclic) bond motifs is 1. The molecule has 272 valence electrons. The minimum atomic E-state index is -0.359. The first-order valence-corrected chi connectivity index (χ1v) is 17.9. The summed E-state index contributed by atoms with van der Waals surface area (Å²) in [6.07, 6.45) is 6.50. The van der Waals surface area contributed by atoms with Gasteiger partial charge in [-0.1, -0.05) is 32.9 Å². The van der Waals surface area contributed by atoms with Crippen LogP contribution in [0.2, 0.25) is 0 Å². The van der Waals surface area contributed by atoms with Gasteiger partial charge in [0.2, 0.25) is 5.91 Å². The van der Waals surface area contributed by atoms with Gasteiger partial charge >= 0.3 is 0 Å². The van der Waals surface area contributed by atoms with Crippen LogP contribution in [0.15, 0.2) is 52.8 Å². The quantitative estimate of drug-likeness (QED) is 0.205. The molecule has 0 saturated carbocycles. The van der Waals surface area contributed by atoms with Crippen molar-refractivity contribution in [1.82, 2.24) is 44.8 Å². The van der Waals surface area contributed by atoms with Crippen LogP contribution in [0.3, 0.4) is 0 Å². The molecule has 6 rings (SSSR count). The van der Waals surface area contributed by atoms with Crippen molar-refractivity contribution in [3.05, 3.63) is 86.5 Å². The Kier molecular flexibility index (Phi) is 10.8. The number of rotatable bonds is 11. The summed E-state index contributed by atoms with van der Waals surface area (Å²) in [6, 6.07) is 10.7. The average molecular weight is 726 g/mol. The summed E-state index contributed by atoms with van der Waals surface area (Å²) in [7, 11) is 5.31. The lowest BCUT2D eigenvalue weighted by Crippen LogP contribution is -2.50. The fourth-order valence-corrected chi connectivity index (χ4v) is 6.80. The zero-order chi connectivity index (χ0) is 37.0. The van der Waals surface area contributed by atoms with E-state index in [1.807, 2.05) is 53.5 Å². The van der Waals surface area contributed by atoms with E-state index in [1.165, 1.54) is 15.7 Å². The Morgan fingerprint density at radius 3 is 2.62 bits per heavy atom. The average Bonchev–Trinajstić information content (AvgIpc) is 3.77. The van der Waals surface area contributed by atoms with Crippen LogP contribution in [0.1, 0.15) is 66.6 Å². The van der Waals surface area contributed by atoms with Crippen molar-refractivity contribution in [3.63, 3.8) is 0 Å². The maximum atomic E-state index is 14.2. The van der Waals surface area contributed by atoms with E-state index in [1.54, 1.807) is 42.3 Å². The number of piperidine rings is 1. The van der Waals surface area contributed by atoms with E-state index in [0.717, 1.165) is 29.8 Å². The third-order valence-electron chi connectivity index (χ3n) is 8.60. The molecule has 1 atom stereocenters. The number of anilines is 2. The molecule has 1 fully saturated rings. The lowest BCUT2D eigenvalue weighted by atomic mass is 9.93. The minimum absolute atomic E-state index is 0.0716. The molecule has 15 nitrogen and oxygen atoms in total. The number of nitrogens with one attached hydrogen (secondary N) is 2. The number of pyridine rings is 1. The number of tetrazole rings is 1. The highest BCUT2D eigenvalue weighted by atomic mass is 32.1. The molecule has 0 spiro atoms. The number of nitrogens with zero attached hydrogens (tertiary/aromatic N) is 9. The molecule has 2 amide bonds. The Morgan fingerprint density at radius 2 is 1.90 bits per heavy atom. The smallest absolute Gasteiger partial charge is 0.267 e. The summed E-state index contributed by atoms with van der Waals surface area (Å²) in [4.78, 5) is 53.6. The number of likely N-dealkylation sites (N-methyl/N-ethyl adjacent to an activating group) is 1. The summed E-state index contributed by atoms with van der Waals surface area (Å²) in [5, 5.41) is 20.6. The van der Waals surface area contributed by atoms with Gasteiger partial charge in [-0.15, -0.1) is 16.4 Å². The molecule has 1 aliphatic heterocycles. The molecule has 2 N–H and O–H groups in total. The summed E-state index contributed by atoms with van der Waals surface area (Å²) >= 11 is 1.36. The van der Waals surface area contributed by atoms with E-state index in [0.29, 0.717) is 53.2 Å². The minimum Gasteiger partial charge on any atom is -0.497 e. The van der Waals surface area contributed by atoms with Gasteiger partial charge in [0.25, 0.3) is 11.5 Å². The predicted octanol–water partition coefficient (Wildman–Crippen LogP) is 3.56. The van der Waals surface area contributed by atoms with Crippen LogP contribution < -0.4 is 25.8 Å². The van der Waals surface area contributed by atoms with Crippen LogP contribution >= 0.6 is 11.3 Å². The Hall–Kier alpha value is -5.48. The number of aromatic nitrogens is 7. The third-order valence-corrected chi connectivity index (χ3v) is 9.35. The van der Waals surface area contributed by atoms with Crippen LogP contribution in [0.4, 0.5) is 10.9 Å². The Bertz CT molecular complexity index is 2150. The molecule has 0 aliphatic carbocycles. The van der Waals surface area contributed by atoms with Crippen molar-refractivity contribution in [2.45, 2.75) is 51.6 Å². The van der Waals surface area contributed by atoms with Gasteiger partial charge in [-0.2, -0.15) is 0 Å². The highest BCUT2D eigenvalue weighted by Crippen LogP contribution is 2.27. The molecule has 0 unspecified atom stereocenters. The monoisotopic (exact) mass is 725 g/mol.